The molecule has 1 fully saturated rings. The third kappa shape index (κ3) is 1.23. The largest absolute Gasteiger partial charge is 0.327 e. The van der Waals surface area contributed by atoms with E-state index in [9.17, 15) is 4.39 Å². The van der Waals surface area contributed by atoms with E-state index in [0.29, 0.717) is 5.92 Å². The highest BCUT2D eigenvalue weighted by Gasteiger charge is 2.30. The summed E-state index contributed by atoms with van der Waals surface area (Å²) in [5, 5.41) is 0. The van der Waals surface area contributed by atoms with E-state index in [2.05, 4.69) is 6.92 Å². The molecule has 0 amide bonds. The van der Waals surface area contributed by atoms with Crippen molar-refractivity contribution in [1.29, 1.82) is 0 Å². The Bertz CT molecular complexity index is 84.9. The predicted octanol–water partition coefficient (Wildman–Crippen LogP) is 1.33. The minimum Gasteiger partial charge on any atom is -0.327 e. The van der Waals surface area contributed by atoms with E-state index in [1.807, 2.05) is 0 Å². The molecule has 2 heteroatoms. The second kappa shape index (κ2) is 2.65. The van der Waals surface area contributed by atoms with Crippen LogP contribution in [0.3, 0.4) is 0 Å². The Morgan fingerprint density at radius 2 is 2.22 bits per heavy atom. The molecule has 0 aromatic rings. The molecular weight excluding hydrogens is 117 g/mol. The molecule has 0 aliphatic heterocycles. The molecular formula is C7H14FN. The van der Waals surface area contributed by atoms with Crippen LogP contribution in [0.5, 0.6) is 0 Å². The van der Waals surface area contributed by atoms with Crippen LogP contribution in [0.2, 0.25) is 0 Å². The fraction of sp³-hybridized carbons (Fsp3) is 1.00. The molecule has 1 rings (SSSR count). The normalized spacial score (nSPS) is 43.7. The van der Waals surface area contributed by atoms with Crippen molar-refractivity contribution >= 4 is 0 Å². The molecule has 0 bridgehead atoms. The molecule has 0 unspecified atom stereocenters. The van der Waals surface area contributed by atoms with Crippen molar-refractivity contribution < 1.29 is 4.39 Å². The van der Waals surface area contributed by atoms with Gasteiger partial charge < -0.3 is 5.73 Å². The van der Waals surface area contributed by atoms with Crippen LogP contribution in [0.15, 0.2) is 0 Å². The molecule has 0 heterocycles. The van der Waals surface area contributed by atoms with E-state index >= 15 is 0 Å². The molecule has 1 aliphatic rings. The third-order valence-corrected chi connectivity index (χ3v) is 2.41. The molecule has 2 N–H and O–H groups in total. The van der Waals surface area contributed by atoms with Crippen molar-refractivity contribution in [3.8, 4) is 0 Å². The highest BCUT2D eigenvalue weighted by molar-refractivity contribution is 4.84. The summed E-state index contributed by atoms with van der Waals surface area (Å²) in [5.74, 6) is 0.648. The minimum absolute atomic E-state index is 0.130. The second-order valence-electron chi connectivity index (χ2n) is 3.04. The van der Waals surface area contributed by atoms with Crippen molar-refractivity contribution in [2.45, 2.75) is 25.8 Å². The summed E-state index contributed by atoms with van der Waals surface area (Å²) in [5.41, 5.74) is 5.64. The highest BCUT2D eigenvalue weighted by atomic mass is 19.1. The fourth-order valence-electron chi connectivity index (χ4n) is 1.57. The lowest BCUT2D eigenvalue weighted by Crippen LogP contribution is -2.28. The van der Waals surface area contributed by atoms with E-state index in [0.717, 1.165) is 12.8 Å². The van der Waals surface area contributed by atoms with Gasteiger partial charge in [0.25, 0.3) is 0 Å². The Morgan fingerprint density at radius 1 is 1.56 bits per heavy atom. The Hall–Kier alpha value is -0.110. The molecule has 1 nitrogen and oxygen atoms in total. The third-order valence-electron chi connectivity index (χ3n) is 2.41. The summed E-state index contributed by atoms with van der Waals surface area (Å²) in [6.45, 7) is 1.85. The molecule has 0 aromatic carbocycles. The fourth-order valence-corrected chi connectivity index (χ4v) is 1.57. The van der Waals surface area contributed by atoms with Crippen LogP contribution in [0.1, 0.15) is 19.8 Å². The smallest absolute Gasteiger partial charge is 0.0939 e. The van der Waals surface area contributed by atoms with Crippen molar-refractivity contribution in [3.05, 3.63) is 0 Å². The molecule has 1 aliphatic carbocycles. The summed E-state index contributed by atoms with van der Waals surface area (Å²) in [7, 11) is 0. The summed E-state index contributed by atoms with van der Waals surface area (Å²) in [6.07, 6.45) is 2.12. The lowest BCUT2D eigenvalue weighted by atomic mass is 9.97. The van der Waals surface area contributed by atoms with Crippen LogP contribution in [-0.2, 0) is 0 Å². The van der Waals surface area contributed by atoms with Gasteiger partial charge in [0.15, 0.2) is 0 Å². The van der Waals surface area contributed by atoms with Gasteiger partial charge in [0.2, 0.25) is 0 Å². The van der Waals surface area contributed by atoms with Crippen molar-refractivity contribution in [3.63, 3.8) is 0 Å². The van der Waals surface area contributed by atoms with Crippen LogP contribution < -0.4 is 5.73 Å². The predicted molar refractivity (Wildman–Crippen MR) is 35.8 cm³/mol. The Labute approximate surface area is 55.4 Å². The number of nitrogens with two attached hydrogens (primary N) is 1. The van der Waals surface area contributed by atoms with Gasteiger partial charge in [-0.3, -0.25) is 4.39 Å². The van der Waals surface area contributed by atoms with Crippen LogP contribution in [0.4, 0.5) is 4.39 Å². The quantitative estimate of drug-likeness (QED) is 0.570. The molecule has 54 valence electrons. The van der Waals surface area contributed by atoms with Gasteiger partial charge in [-0.05, 0) is 18.8 Å². The van der Waals surface area contributed by atoms with E-state index in [4.69, 9.17) is 5.73 Å². The highest BCUT2D eigenvalue weighted by Crippen LogP contribution is 2.30. The summed E-state index contributed by atoms with van der Waals surface area (Å²) >= 11 is 0. The van der Waals surface area contributed by atoms with Gasteiger partial charge in [-0.2, -0.15) is 0 Å². The molecule has 3 atom stereocenters. The molecule has 1 saturated carbocycles. The average molecular weight is 131 g/mol. The first-order valence-electron chi connectivity index (χ1n) is 3.57. The minimum atomic E-state index is -0.234. The van der Waals surface area contributed by atoms with Gasteiger partial charge >= 0.3 is 0 Å². The molecule has 0 saturated heterocycles. The van der Waals surface area contributed by atoms with E-state index in [1.165, 1.54) is 0 Å². The van der Waals surface area contributed by atoms with Crippen molar-refractivity contribution in [2.75, 3.05) is 6.67 Å². The summed E-state index contributed by atoms with van der Waals surface area (Å²) < 4.78 is 12.1. The zero-order chi connectivity index (χ0) is 6.85. The lowest BCUT2D eigenvalue weighted by molar-refractivity contribution is 0.289. The maximum absolute atomic E-state index is 12.1. The number of alkyl halides is 1. The van der Waals surface area contributed by atoms with Gasteiger partial charge in [-0.15, -0.1) is 0 Å². The first kappa shape index (κ1) is 7.00. The zero-order valence-electron chi connectivity index (χ0n) is 5.81. The maximum atomic E-state index is 12.1. The van der Waals surface area contributed by atoms with Gasteiger partial charge in [0, 0.05) is 12.0 Å². The Balaban J connectivity index is 2.44. The molecule has 0 aromatic heterocycles. The van der Waals surface area contributed by atoms with Gasteiger partial charge in [0.05, 0.1) is 6.67 Å². The van der Waals surface area contributed by atoms with Crippen molar-refractivity contribution in [1.82, 2.24) is 0 Å². The number of hydrogen-bond acceptors (Lipinski definition) is 1. The van der Waals surface area contributed by atoms with Gasteiger partial charge in [0.1, 0.15) is 0 Å². The number of halogens is 1. The molecule has 9 heavy (non-hydrogen) atoms. The van der Waals surface area contributed by atoms with Crippen molar-refractivity contribution in [2.24, 2.45) is 17.6 Å². The molecule has 0 radical (unpaired) electrons. The SMILES string of the molecule is C[C@H]1CC[C@H](N)[C@@H]1CF. The number of rotatable bonds is 1. The standard InChI is InChI=1S/C7H14FN/c1-5-2-3-7(9)6(5)4-8/h5-7H,2-4,9H2,1H3/t5-,6+,7-/m0/s1. The monoisotopic (exact) mass is 131 g/mol. The van der Waals surface area contributed by atoms with Crippen LogP contribution in [0, 0.1) is 11.8 Å². The van der Waals surface area contributed by atoms with Crippen LogP contribution in [0.25, 0.3) is 0 Å². The van der Waals surface area contributed by atoms with E-state index in [-0.39, 0.29) is 18.6 Å². The molecule has 0 spiro atoms. The number of hydrogen-bond donors (Lipinski definition) is 1. The summed E-state index contributed by atoms with van der Waals surface area (Å²) in [4.78, 5) is 0. The first-order chi connectivity index (χ1) is 4.25. The Kier molecular flexibility index (Phi) is 2.06. The Morgan fingerprint density at radius 3 is 2.44 bits per heavy atom. The first-order valence-corrected chi connectivity index (χ1v) is 3.57. The zero-order valence-corrected chi connectivity index (χ0v) is 5.81. The second-order valence-corrected chi connectivity index (χ2v) is 3.04. The lowest BCUT2D eigenvalue weighted by Gasteiger charge is -2.14. The topological polar surface area (TPSA) is 26.0 Å². The van der Waals surface area contributed by atoms with Crippen LogP contribution >= 0.6 is 0 Å². The van der Waals surface area contributed by atoms with Gasteiger partial charge in [-0.25, -0.2) is 0 Å². The summed E-state index contributed by atoms with van der Waals surface area (Å²) in [6, 6.07) is 0.130. The maximum Gasteiger partial charge on any atom is 0.0939 e. The van der Waals surface area contributed by atoms with Gasteiger partial charge in [-0.1, -0.05) is 6.92 Å². The average Bonchev–Trinajstić information content (AvgIpc) is 2.12. The van der Waals surface area contributed by atoms with E-state index < -0.39 is 0 Å². The van der Waals surface area contributed by atoms with Crippen LogP contribution in [-0.4, -0.2) is 12.7 Å². The van der Waals surface area contributed by atoms with E-state index in [1.54, 1.807) is 0 Å².